The van der Waals surface area contributed by atoms with Gasteiger partial charge in [-0.2, -0.15) is 0 Å². The first kappa shape index (κ1) is 17.5. The Morgan fingerprint density at radius 2 is 2.24 bits per heavy atom. The maximum Gasteiger partial charge on any atom is 0.132 e. The van der Waals surface area contributed by atoms with E-state index in [2.05, 4.69) is 27.1 Å². The molecule has 2 unspecified atom stereocenters. The van der Waals surface area contributed by atoms with E-state index < -0.39 is 0 Å². The maximum atomic E-state index is 9.51. The normalized spacial score (nSPS) is 18.2. The summed E-state index contributed by atoms with van der Waals surface area (Å²) in [4.78, 5) is 11.0. The zero-order chi connectivity index (χ0) is 17.6. The van der Waals surface area contributed by atoms with Gasteiger partial charge >= 0.3 is 0 Å². The maximum absolute atomic E-state index is 9.51. The van der Waals surface area contributed by atoms with E-state index in [0.717, 1.165) is 48.8 Å². The minimum absolute atomic E-state index is 0.174. The SMILES string of the molecule is COc1cccc(NC(C)Cc2cc(N3CCCC3CO)ncn2)c1. The zero-order valence-corrected chi connectivity index (χ0v) is 14.9. The molecule has 1 aliphatic heterocycles. The second-order valence-electron chi connectivity index (χ2n) is 6.52. The van der Waals surface area contributed by atoms with E-state index >= 15 is 0 Å². The van der Waals surface area contributed by atoms with Crippen LogP contribution in [-0.4, -0.2) is 47.4 Å². The molecule has 2 N–H and O–H groups in total. The minimum atomic E-state index is 0.174. The fraction of sp³-hybridized carbons (Fsp3) is 0.474. The summed E-state index contributed by atoms with van der Waals surface area (Å²) in [5, 5.41) is 13.0. The molecular formula is C19H26N4O2. The molecule has 1 saturated heterocycles. The third-order valence-corrected chi connectivity index (χ3v) is 4.59. The summed E-state index contributed by atoms with van der Waals surface area (Å²) in [5.41, 5.74) is 2.03. The minimum Gasteiger partial charge on any atom is -0.497 e. The van der Waals surface area contributed by atoms with Crippen molar-refractivity contribution in [2.24, 2.45) is 0 Å². The van der Waals surface area contributed by atoms with Crippen LogP contribution >= 0.6 is 0 Å². The topological polar surface area (TPSA) is 70.5 Å². The number of hydrogen-bond donors (Lipinski definition) is 2. The molecule has 0 bridgehead atoms. The fourth-order valence-electron chi connectivity index (χ4n) is 3.34. The van der Waals surface area contributed by atoms with Crippen molar-refractivity contribution in [3.8, 4) is 5.75 Å². The van der Waals surface area contributed by atoms with Crippen LogP contribution in [0.1, 0.15) is 25.5 Å². The highest BCUT2D eigenvalue weighted by atomic mass is 16.5. The van der Waals surface area contributed by atoms with Crippen LogP contribution in [0.4, 0.5) is 11.5 Å². The molecule has 134 valence electrons. The number of benzene rings is 1. The Labute approximate surface area is 148 Å². The molecule has 2 atom stereocenters. The Kier molecular flexibility index (Phi) is 5.71. The predicted octanol–water partition coefficient (Wildman–Crippen LogP) is 2.49. The summed E-state index contributed by atoms with van der Waals surface area (Å²) in [6.45, 7) is 3.25. The molecule has 0 spiro atoms. The number of nitrogens with zero attached hydrogens (tertiary/aromatic N) is 3. The van der Waals surface area contributed by atoms with E-state index in [9.17, 15) is 5.11 Å². The average molecular weight is 342 g/mol. The monoisotopic (exact) mass is 342 g/mol. The molecule has 6 heteroatoms. The molecule has 6 nitrogen and oxygen atoms in total. The Morgan fingerprint density at radius 1 is 1.36 bits per heavy atom. The number of rotatable bonds is 7. The van der Waals surface area contributed by atoms with Crippen molar-refractivity contribution < 1.29 is 9.84 Å². The number of hydrogen-bond acceptors (Lipinski definition) is 6. The number of methoxy groups -OCH3 is 1. The van der Waals surface area contributed by atoms with E-state index in [4.69, 9.17) is 4.74 Å². The van der Waals surface area contributed by atoms with Gasteiger partial charge < -0.3 is 20.1 Å². The van der Waals surface area contributed by atoms with Gasteiger partial charge in [-0.25, -0.2) is 9.97 Å². The van der Waals surface area contributed by atoms with Crippen molar-refractivity contribution in [3.63, 3.8) is 0 Å². The van der Waals surface area contributed by atoms with E-state index in [1.165, 1.54) is 0 Å². The third-order valence-electron chi connectivity index (χ3n) is 4.59. The first-order chi connectivity index (χ1) is 12.2. The summed E-state index contributed by atoms with van der Waals surface area (Å²) in [7, 11) is 1.67. The van der Waals surface area contributed by atoms with Gasteiger partial charge in [0.25, 0.3) is 0 Å². The van der Waals surface area contributed by atoms with E-state index in [1.807, 2.05) is 30.3 Å². The van der Waals surface area contributed by atoms with Gasteiger partial charge in [0, 0.05) is 42.5 Å². The van der Waals surface area contributed by atoms with Crippen LogP contribution in [0.2, 0.25) is 0 Å². The third kappa shape index (κ3) is 4.39. The van der Waals surface area contributed by atoms with Crippen molar-refractivity contribution >= 4 is 11.5 Å². The second kappa shape index (κ2) is 8.16. The van der Waals surface area contributed by atoms with Crippen molar-refractivity contribution in [1.29, 1.82) is 0 Å². The Balaban J connectivity index is 1.65. The Morgan fingerprint density at radius 3 is 3.04 bits per heavy atom. The van der Waals surface area contributed by atoms with Crippen molar-refractivity contribution in [2.45, 2.75) is 38.3 Å². The van der Waals surface area contributed by atoms with Gasteiger partial charge in [0.05, 0.1) is 19.8 Å². The molecule has 2 aromatic rings. The lowest BCUT2D eigenvalue weighted by molar-refractivity contribution is 0.266. The van der Waals surface area contributed by atoms with Gasteiger partial charge in [-0.05, 0) is 31.9 Å². The number of aliphatic hydroxyl groups excluding tert-OH is 1. The first-order valence-corrected chi connectivity index (χ1v) is 8.78. The lowest BCUT2D eigenvalue weighted by Gasteiger charge is -2.24. The van der Waals surface area contributed by atoms with E-state index in [0.29, 0.717) is 0 Å². The molecule has 0 aliphatic carbocycles. The lowest BCUT2D eigenvalue weighted by atomic mass is 10.1. The van der Waals surface area contributed by atoms with Crippen LogP contribution in [0, 0.1) is 0 Å². The fourth-order valence-corrected chi connectivity index (χ4v) is 3.34. The van der Waals surface area contributed by atoms with Crippen LogP contribution in [0.15, 0.2) is 36.7 Å². The molecule has 1 aromatic heterocycles. The van der Waals surface area contributed by atoms with Gasteiger partial charge in [0.15, 0.2) is 0 Å². The van der Waals surface area contributed by atoms with Crippen LogP contribution in [0.5, 0.6) is 5.75 Å². The smallest absolute Gasteiger partial charge is 0.132 e. The number of ether oxygens (including phenoxy) is 1. The molecule has 1 aromatic carbocycles. The van der Waals surface area contributed by atoms with Gasteiger partial charge in [0.1, 0.15) is 17.9 Å². The lowest BCUT2D eigenvalue weighted by Crippen LogP contribution is -2.33. The quantitative estimate of drug-likeness (QED) is 0.806. The Hall–Kier alpha value is -2.34. The molecule has 3 rings (SSSR count). The molecule has 1 aliphatic rings. The summed E-state index contributed by atoms with van der Waals surface area (Å²) in [5.74, 6) is 1.75. The van der Waals surface area contributed by atoms with Crippen LogP contribution < -0.4 is 15.0 Å². The largest absolute Gasteiger partial charge is 0.497 e. The van der Waals surface area contributed by atoms with Crippen LogP contribution in [-0.2, 0) is 6.42 Å². The zero-order valence-electron chi connectivity index (χ0n) is 14.9. The summed E-state index contributed by atoms with van der Waals surface area (Å²) in [6, 6.07) is 10.4. The summed E-state index contributed by atoms with van der Waals surface area (Å²) >= 11 is 0. The van der Waals surface area contributed by atoms with Crippen LogP contribution in [0.25, 0.3) is 0 Å². The molecular weight excluding hydrogens is 316 g/mol. The molecule has 2 heterocycles. The highest BCUT2D eigenvalue weighted by Gasteiger charge is 2.25. The highest BCUT2D eigenvalue weighted by molar-refractivity contribution is 5.49. The number of aromatic nitrogens is 2. The van der Waals surface area contributed by atoms with E-state index in [1.54, 1.807) is 13.4 Å². The van der Waals surface area contributed by atoms with E-state index in [-0.39, 0.29) is 18.7 Å². The number of nitrogens with one attached hydrogen (secondary N) is 1. The van der Waals surface area contributed by atoms with Crippen molar-refractivity contribution in [1.82, 2.24) is 9.97 Å². The Bertz CT molecular complexity index is 695. The molecule has 25 heavy (non-hydrogen) atoms. The number of aliphatic hydroxyl groups is 1. The first-order valence-electron chi connectivity index (χ1n) is 8.78. The van der Waals surface area contributed by atoms with Gasteiger partial charge in [-0.1, -0.05) is 6.07 Å². The van der Waals surface area contributed by atoms with Crippen LogP contribution in [0.3, 0.4) is 0 Å². The standard InChI is InChI=1S/C19H26N4O2/c1-14(22-15-5-3-7-18(10-15)25-2)9-16-11-19(21-13-20-16)23-8-4-6-17(23)12-24/h3,5,7,10-11,13-14,17,22,24H,4,6,8-9,12H2,1-2H3. The highest BCUT2D eigenvalue weighted by Crippen LogP contribution is 2.24. The second-order valence-corrected chi connectivity index (χ2v) is 6.52. The van der Waals surface area contributed by atoms with Gasteiger partial charge in [-0.3, -0.25) is 0 Å². The molecule has 0 amide bonds. The van der Waals surface area contributed by atoms with Crippen molar-refractivity contribution in [2.75, 3.05) is 30.5 Å². The molecule has 0 saturated carbocycles. The predicted molar refractivity (Wildman–Crippen MR) is 99.3 cm³/mol. The molecule has 1 fully saturated rings. The number of anilines is 2. The average Bonchev–Trinajstić information content (AvgIpc) is 3.10. The van der Waals surface area contributed by atoms with Gasteiger partial charge in [0.2, 0.25) is 0 Å². The van der Waals surface area contributed by atoms with Crippen molar-refractivity contribution in [3.05, 3.63) is 42.4 Å². The summed E-state index contributed by atoms with van der Waals surface area (Å²) in [6.07, 6.45) is 4.53. The summed E-state index contributed by atoms with van der Waals surface area (Å²) < 4.78 is 5.26. The van der Waals surface area contributed by atoms with Gasteiger partial charge in [-0.15, -0.1) is 0 Å². The molecule has 0 radical (unpaired) electrons.